The summed E-state index contributed by atoms with van der Waals surface area (Å²) in [5.74, 6) is 0.206. The van der Waals surface area contributed by atoms with Crippen LogP contribution in [0.4, 0.5) is 0 Å². The molecule has 2 bridgehead atoms. The molecule has 3 aliphatic rings. The van der Waals surface area contributed by atoms with E-state index in [-0.39, 0.29) is 29.8 Å². The highest BCUT2D eigenvalue weighted by Gasteiger charge is 2.60. The highest BCUT2D eigenvalue weighted by molar-refractivity contribution is 6.33. The van der Waals surface area contributed by atoms with Crippen molar-refractivity contribution >= 4 is 16.9 Å². The molecule has 2 nitrogen and oxygen atoms in total. The third kappa shape index (κ3) is 1.96. The van der Waals surface area contributed by atoms with Crippen LogP contribution in [0.2, 0.25) is 0 Å². The average molecular weight is 350 g/mol. The van der Waals surface area contributed by atoms with Gasteiger partial charge in [0.05, 0.1) is 18.1 Å². The summed E-state index contributed by atoms with van der Waals surface area (Å²) in [7, 11) is 0. The molecule has 2 aliphatic heterocycles. The summed E-state index contributed by atoms with van der Waals surface area (Å²) in [5.41, 5.74) is 6.62. The standard InChI is InChI=1S/C25H18O2/c26-23-20(16-11-5-2-6-12-16)19(15-9-3-1-4-10-15)21-22(23)25-18-14-8-7-13-17(18)24(21)27-25/h1-14,21-22,24-25H/t21-,22-,24+,25-/m1/s1. The molecule has 27 heavy (non-hydrogen) atoms. The lowest BCUT2D eigenvalue weighted by Crippen LogP contribution is -2.23. The number of benzene rings is 3. The minimum absolute atomic E-state index is 0.0310. The van der Waals surface area contributed by atoms with Crippen LogP contribution >= 0.6 is 0 Å². The van der Waals surface area contributed by atoms with Gasteiger partial charge >= 0.3 is 0 Å². The second-order valence-electron chi connectivity index (χ2n) is 7.54. The number of carbonyl (C=O) groups excluding carboxylic acids is 1. The molecule has 3 aromatic rings. The Morgan fingerprint density at radius 3 is 1.74 bits per heavy atom. The zero-order valence-corrected chi connectivity index (χ0v) is 14.7. The Morgan fingerprint density at radius 1 is 0.593 bits per heavy atom. The van der Waals surface area contributed by atoms with E-state index >= 15 is 0 Å². The van der Waals surface area contributed by atoms with Crippen molar-refractivity contribution in [2.24, 2.45) is 11.8 Å². The fraction of sp³-hybridized carbons (Fsp3) is 0.160. The second kappa shape index (κ2) is 5.51. The van der Waals surface area contributed by atoms with Crippen molar-refractivity contribution < 1.29 is 9.53 Å². The molecular formula is C25H18O2. The van der Waals surface area contributed by atoms with Crippen LogP contribution in [-0.4, -0.2) is 5.78 Å². The Morgan fingerprint density at radius 2 is 1.11 bits per heavy atom. The number of carbonyl (C=O) groups is 1. The maximum Gasteiger partial charge on any atom is 0.170 e. The number of hydrogen-bond acceptors (Lipinski definition) is 2. The molecule has 0 unspecified atom stereocenters. The summed E-state index contributed by atoms with van der Waals surface area (Å²) in [4.78, 5) is 13.6. The topological polar surface area (TPSA) is 26.3 Å². The van der Waals surface area contributed by atoms with Crippen LogP contribution in [0, 0.1) is 11.8 Å². The van der Waals surface area contributed by atoms with Gasteiger partial charge in [-0.3, -0.25) is 4.79 Å². The van der Waals surface area contributed by atoms with Gasteiger partial charge in [-0.05, 0) is 27.8 Å². The third-order valence-corrected chi connectivity index (χ3v) is 6.24. The molecule has 0 saturated carbocycles. The first-order chi connectivity index (χ1) is 13.3. The Hall–Kier alpha value is -2.97. The van der Waals surface area contributed by atoms with Crippen LogP contribution < -0.4 is 0 Å². The number of fused-ring (bicyclic) bond motifs is 8. The highest BCUT2D eigenvalue weighted by Crippen LogP contribution is 2.65. The lowest BCUT2D eigenvalue weighted by Gasteiger charge is -2.25. The van der Waals surface area contributed by atoms with E-state index < -0.39 is 0 Å². The van der Waals surface area contributed by atoms with E-state index in [0.717, 1.165) is 22.3 Å². The van der Waals surface area contributed by atoms with Gasteiger partial charge in [0.15, 0.2) is 5.78 Å². The van der Waals surface area contributed by atoms with Crippen LogP contribution in [0.5, 0.6) is 0 Å². The minimum atomic E-state index is -0.122. The van der Waals surface area contributed by atoms with E-state index in [9.17, 15) is 4.79 Å². The van der Waals surface area contributed by atoms with Gasteiger partial charge < -0.3 is 4.74 Å². The summed E-state index contributed by atoms with van der Waals surface area (Å²) in [5, 5.41) is 0. The van der Waals surface area contributed by atoms with Crippen LogP contribution in [0.25, 0.3) is 11.1 Å². The predicted octanol–water partition coefficient (Wildman–Crippen LogP) is 5.24. The average Bonchev–Trinajstić information content (AvgIpc) is 3.38. The van der Waals surface area contributed by atoms with E-state index in [1.54, 1.807) is 0 Å². The van der Waals surface area contributed by atoms with E-state index in [4.69, 9.17) is 4.74 Å². The van der Waals surface area contributed by atoms with E-state index in [2.05, 4.69) is 30.3 Å². The summed E-state index contributed by atoms with van der Waals surface area (Å²) in [6.45, 7) is 0. The lowest BCUT2D eigenvalue weighted by atomic mass is 9.74. The van der Waals surface area contributed by atoms with Crippen LogP contribution in [0.1, 0.15) is 34.5 Å². The molecule has 0 amide bonds. The van der Waals surface area contributed by atoms with Crippen LogP contribution in [-0.2, 0) is 9.53 Å². The first kappa shape index (κ1) is 15.1. The van der Waals surface area contributed by atoms with Gasteiger partial charge in [-0.15, -0.1) is 0 Å². The van der Waals surface area contributed by atoms with Crippen molar-refractivity contribution in [1.29, 1.82) is 0 Å². The van der Waals surface area contributed by atoms with Crippen molar-refractivity contribution in [2.75, 3.05) is 0 Å². The maximum absolute atomic E-state index is 13.6. The molecule has 4 atom stereocenters. The normalized spacial score (nSPS) is 27.8. The zero-order valence-electron chi connectivity index (χ0n) is 14.7. The first-order valence-electron chi connectivity index (χ1n) is 9.48. The Kier molecular flexibility index (Phi) is 3.09. The van der Waals surface area contributed by atoms with Gasteiger partial charge in [0.2, 0.25) is 0 Å². The van der Waals surface area contributed by atoms with Gasteiger partial charge in [-0.25, -0.2) is 0 Å². The molecule has 0 spiro atoms. The minimum Gasteiger partial charge on any atom is -0.364 e. The summed E-state index contributed by atoms with van der Waals surface area (Å²) in [6.07, 6.45) is -0.153. The molecule has 3 aromatic carbocycles. The number of rotatable bonds is 2. The quantitative estimate of drug-likeness (QED) is 0.632. The Balaban J connectivity index is 1.60. The number of Topliss-reactive ketones (excluding diaryl/α,β-unsaturated/α-hetero) is 1. The molecule has 1 saturated heterocycles. The zero-order chi connectivity index (χ0) is 18.0. The molecule has 6 rings (SSSR count). The Labute approximate surface area is 158 Å². The lowest BCUT2D eigenvalue weighted by molar-refractivity contribution is -0.118. The first-order valence-corrected chi connectivity index (χ1v) is 9.48. The van der Waals surface area contributed by atoms with Crippen molar-refractivity contribution in [3.63, 3.8) is 0 Å². The molecule has 1 aliphatic carbocycles. The van der Waals surface area contributed by atoms with E-state index in [0.29, 0.717) is 0 Å². The molecular weight excluding hydrogens is 332 g/mol. The number of ether oxygens (including phenoxy) is 1. The monoisotopic (exact) mass is 350 g/mol. The largest absolute Gasteiger partial charge is 0.364 e. The van der Waals surface area contributed by atoms with Gasteiger partial charge in [0.1, 0.15) is 0 Å². The second-order valence-corrected chi connectivity index (χ2v) is 7.54. The molecule has 0 radical (unpaired) electrons. The fourth-order valence-corrected chi connectivity index (χ4v) is 5.22. The summed E-state index contributed by atoms with van der Waals surface area (Å²) in [6, 6.07) is 28.8. The summed E-state index contributed by atoms with van der Waals surface area (Å²) < 4.78 is 6.36. The van der Waals surface area contributed by atoms with Crippen molar-refractivity contribution in [2.45, 2.75) is 12.2 Å². The number of ketones is 1. The fourth-order valence-electron chi connectivity index (χ4n) is 5.22. The van der Waals surface area contributed by atoms with E-state index in [1.165, 1.54) is 11.1 Å². The molecule has 0 N–H and O–H groups in total. The highest BCUT2D eigenvalue weighted by atomic mass is 16.5. The van der Waals surface area contributed by atoms with Crippen molar-refractivity contribution in [1.82, 2.24) is 0 Å². The number of hydrogen-bond donors (Lipinski definition) is 0. The van der Waals surface area contributed by atoms with E-state index in [1.807, 2.05) is 54.6 Å². The predicted molar refractivity (Wildman–Crippen MR) is 105 cm³/mol. The smallest absolute Gasteiger partial charge is 0.170 e. The van der Waals surface area contributed by atoms with Gasteiger partial charge in [0, 0.05) is 11.5 Å². The van der Waals surface area contributed by atoms with Crippen LogP contribution in [0.3, 0.4) is 0 Å². The molecule has 1 fully saturated rings. The van der Waals surface area contributed by atoms with Crippen molar-refractivity contribution in [3.8, 4) is 0 Å². The summed E-state index contributed by atoms with van der Waals surface area (Å²) >= 11 is 0. The van der Waals surface area contributed by atoms with Crippen LogP contribution in [0.15, 0.2) is 84.9 Å². The molecule has 2 heteroatoms. The molecule has 0 aromatic heterocycles. The Bertz CT molecular complexity index is 1080. The SMILES string of the molecule is O=C1C(c2ccccc2)=C(c2ccccc2)[C@@H]2[C@H]1[C@@H]1O[C@H]2c2ccccc21. The third-order valence-electron chi connectivity index (χ3n) is 6.24. The van der Waals surface area contributed by atoms with Gasteiger partial charge in [-0.1, -0.05) is 84.9 Å². The van der Waals surface area contributed by atoms with Gasteiger partial charge in [-0.2, -0.15) is 0 Å². The molecule has 130 valence electrons. The molecule has 2 heterocycles. The maximum atomic E-state index is 13.6. The van der Waals surface area contributed by atoms with Crippen molar-refractivity contribution in [3.05, 3.63) is 107 Å². The number of allylic oxidation sites excluding steroid dienone is 1. The van der Waals surface area contributed by atoms with Gasteiger partial charge in [0.25, 0.3) is 0 Å².